The van der Waals surface area contributed by atoms with Crippen molar-refractivity contribution in [2.45, 2.75) is 186 Å². The number of carboxylic acid groups (broad SMARTS) is 2. The van der Waals surface area contributed by atoms with Gasteiger partial charge in [0.1, 0.15) is 0 Å². The molecule has 0 aliphatic carbocycles. The van der Waals surface area contributed by atoms with Gasteiger partial charge in [-0.2, -0.15) is 0 Å². The molecule has 2 atom stereocenters. The van der Waals surface area contributed by atoms with Crippen molar-refractivity contribution >= 4 is 23.9 Å². The molecule has 0 aromatic rings. The van der Waals surface area contributed by atoms with Crippen LogP contribution < -0.4 is 0 Å². The van der Waals surface area contributed by atoms with E-state index in [1.807, 2.05) is 6.92 Å². The van der Waals surface area contributed by atoms with Gasteiger partial charge in [-0.3, -0.25) is 14.4 Å². The normalized spacial score (nSPS) is 13.4. The van der Waals surface area contributed by atoms with Gasteiger partial charge in [-0.05, 0) is 12.8 Å². The number of esters is 2. The molecule has 42 heavy (non-hydrogen) atoms. The van der Waals surface area contributed by atoms with Crippen molar-refractivity contribution in [2.24, 2.45) is 5.92 Å². The lowest BCUT2D eigenvalue weighted by Gasteiger charge is -2.29. The van der Waals surface area contributed by atoms with Crippen LogP contribution in [-0.4, -0.2) is 44.8 Å². The molecule has 0 fully saturated rings. The van der Waals surface area contributed by atoms with Gasteiger partial charge in [-0.1, -0.05) is 155 Å². The number of carbonyl (C=O) groups excluding carboxylic acids is 2. The number of rotatable bonds is 30. The lowest BCUT2D eigenvalue weighted by atomic mass is 9.81. The number of carboxylic acids is 2. The molecule has 0 aliphatic heterocycles. The zero-order chi connectivity index (χ0) is 31.5. The number of hydrogen-bond acceptors (Lipinski definition) is 6. The first kappa shape index (κ1) is 40.0. The summed E-state index contributed by atoms with van der Waals surface area (Å²) in [6, 6.07) is 0. The van der Waals surface area contributed by atoms with Crippen LogP contribution >= 0.6 is 0 Å². The molecule has 0 rings (SSSR count). The molecule has 0 radical (unpaired) electrons. The number of unbranched alkanes of at least 4 members (excludes halogenated alkanes) is 21. The molecule has 0 bridgehead atoms. The number of aliphatic hydroxyl groups is 1. The van der Waals surface area contributed by atoms with Crippen molar-refractivity contribution < 1.29 is 39.2 Å². The third-order valence-corrected chi connectivity index (χ3v) is 8.20. The summed E-state index contributed by atoms with van der Waals surface area (Å²) in [7, 11) is 0. The van der Waals surface area contributed by atoms with E-state index in [-0.39, 0.29) is 12.8 Å². The summed E-state index contributed by atoms with van der Waals surface area (Å²) in [4.78, 5) is 47.8. The van der Waals surface area contributed by atoms with Crippen molar-refractivity contribution in [3.8, 4) is 0 Å². The lowest BCUT2D eigenvalue weighted by Crippen LogP contribution is -2.51. The third kappa shape index (κ3) is 20.8. The predicted molar refractivity (Wildman–Crippen MR) is 166 cm³/mol. The highest BCUT2D eigenvalue weighted by molar-refractivity contribution is 5.93. The fraction of sp³-hybridized carbons (Fsp3) is 0.882. The van der Waals surface area contributed by atoms with Crippen LogP contribution in [0.25, 0.3) is 0 Å². The molecule has 3 N–H and O–H groups in total. The monoisotopic (exact) mass is 598 g/mol. The molecule has 0 amide bonds. The first-order valence-corrected chi connectivity index (χ1v) is 17.1. The van der Waals surface area contributed by atoms with Gasteiger partial charge in [0.05, 0.1) is 12.3 Å². The Morgan fingerprint density at radius 1 is 0.571 bits per heavy atom. The molecule has 0 aromatic carbocycles. The number of aliphatic carboxylic acids is 2. The van der Waals surface area contributed by atoms with E-state index in [0.717, 1.165) is 38.5 Å². The van der Waals surface area contributed by atoms with Crippen LogP contribution in [0.3, 0.4) is 0 Å². The Balaban J connectivity index is 4.15. The van der Waals surface area contributed by atoms with Gasteiger partial charge < -0.3 is 20.1 Å². The van der Waals surface area contributed by atoms with Crippen LogP contribution in [0.4, 0.5) is 0 Å². The Bertz CT molecular complexity index is 722. The summed E-state index contributed by atoms with van der Waals surface area (Å²) in [5, 5.41) is 29.4. The van der Waals surface area contributed by atoms with Gasteiger partial charge in [-0.25, -0.2) is 4.79 Å². The second-order valence-corrected chi connectivity index (χ2v) is 12.1. The van der Waals surface area contributed by atoms with Gasteiger partial charge in [-0.15, -0.1) is 0 Å². The molecule has 0 heterocycles. The topological polar surface area (TPSA) is 138 Å². The molecule has 8 heteroatoms. The first-order valence-electron chi connectivity index (χ1n) is 17.1. The Kier molecular flexibility index (Phi) is 25.4. The Morgan fingerprint density at radius 3 is 1.29 bits per heavy atom. The van der Waals surface area contributed by atoms with Crippen LogP contribution in [-0.2, 0) is 23.9 Å². The Labute approximate surface area is 255 Å². The number of hydrogen-bond donors (Lipinski definition) is 3. The van der Waals surface area contributed by atoms with E-state index >= 15 is 0 Å². The third-order valence-electron chi connectivity index (χ3n) is 8.20. The van der Waals surface area contributed by atoms with Gasteiger partial charge >= 0.3 is 23.9 Å². The van der Waals surface area contributed by atoms with Crippen LogP contribution in [0, 0.1) is 5.92 Å². The van der Waals surface area contributed by atoms with Crippen molar-refractivity contribution in [2.75, 3.05) is 0 Å². The minimum absolute atomic E-state index is 0.00996. The highest BCUT2D eigenvalue weighted by Gasteiger charge is 2.50. The summed E-state index contributed by atoms with van der Waals surface area (Å²) >= 11 is 0. The standard InChI is InChI=1S/C34H62O8/c1-3-5-7-8-9-10-11-12-13-14-15-16-17-18-19-20-21-22-23-25-26-29(34(41,33(39)40)28-30(35)36)32(38)42-31(37)27-24-6-4-2/h29,41H,3-28H2,1-2H3,(H,35,36)(H,39,40). The average molecular weight is 599 g/mol. The zero-order valence-corrected chi connectivity index (χ0v) is 26.8. The maximum Gasteiger partial charge on any atom is 0.337 e. The minimum atomic E-state index is -2.83. The van der Waals surface area contributed by atoms with Crippen LogP contribution in [0.5, 0.6) is 0 Å². The summed E-state index contributed by atoms with van der Waals surface area (Å²) in [6.07, 6.45) is 25.3. The number of ether oxygens (including phenoxy) is 1. The molecule has 0 saturated heterocycles. The summed E-state index contributed by atoms with van der Waals surface area (Å²) in [6.45, 7) is 4.22. The molecule has 0 spiro atoms. The summed E-state index contributed by atoms with van der Waals surface area (Å²) in [5.41, 5.74) is -2.83. The van der Waals surface area contributed by atoms with E-state index in [1.54, 1.807) is 0 Å². The SMILES string of the molecule is CCCCCCCCCCCCCCCCCCCCCCC(C(=O)OC(=O)CCCCC)C(O)(CC(=O)O)C(=O)O. The van der Waals surface area contributed by atoms with Crippen LogP contribution in [0.1, 0.15) is 181 Å². The summed E-state index contributed by atoms with van der Waals surface area (Å²) in [5.74, 6) is -6.93. The molecule has 2 unspecified atom stereocenters. The Morgan fingerprint density at radius 2 is 0.929 bits per heavy atom. The quantitative estimate of drug-likeness (QED) is 0.0424. The molecule has 0 saturated carbocycles. The molecule has 0 aromatic heterocycles. The largest absolute Gasteiger partial charge is 0.481 e. The van der Waals surface area contributed by atoms with E-state index in [9.17, 15) is 29.4 Å². The fourth-order valence-electron chi connectivity index (χ4n) is 5.49. The van der Waals surface area contributed by atoms with E-state index in [0.29, 0.717) is 12.8 Å². The Hall–Kier alpha value is -1.96. The van der Waals surface area contributed by atoms with E-state index < -0.39 is 41.8 Å². The van der Waals surface area contributed by atoms with E-state index in [2.05, 4.69) is 6.92 Å². The van der Waals surface area contributed by atoms with Gasteiger partial charge in [0.2, 0.25) is 0 Å². The smallest absolute Gasteiger partial charge is 0.337 e. The zero-order valence-electron chi connectivity index (χ0n) is 26.8. The second-order valence-electron chi connectivity index (χ2n) is 12.1. The van der Waals surface area contributed by atoms with Crippen LogP contribution in [0.2, 0.25) is 0 Å². The maximum atomic E-state index is 12.7. The van der Waals surface area contributed by atoms with Gasteiger partial charge in [0, 0.05) is 6.42 Å². The highest BCUT2D eigenvalue weighted by Crippen LogP contribution is 2.29. The summed E-state index contributed by atoms with van der Waals surface area (Å²) < 4.78 is 4.84. The predicted octanol–water partition coefficient (Wildman–Crippen LogP) is 8.76. The van der Waals surface area contributed by atoms with Crippen molar-refractivity contribution in [1.29, 1.82) is 0 Å². The second kappa shape index (κ2) is 26.7. The van der Waals surface area contributed by atoms with Gasteiger partial charge in [0.25, 0.3) is 0 Å². The van der Waals surface area contributed by atoms with Crippen molar-refractivity contribution in [3.05, 3.63) is 0 Å². The van der Waals surface area contributed by atoms with E-state index in [4.69, 9.17) is 9.84 Å². The van der Waals surface area contributed by atoms with Gasteiger partial charge in [0.15, 0.2) is 5.60 Å². The maximum absolute atomic E-state index is 12.7. The first-order chi connectivity index (χ1) is 20.2. The fourth-order valence-corrected chi connectivity index (χ4v) is 5.49. The van der Waals surface area contributed by atoms with Crippen molar-refractivity contribution in [3.63, 3.8) is 0 Å². The average Bonchev–Trinajstić information content (AvgIpc) is 2.93. The molecular formula is C34H62O8. The van der Waals surface area contributed by atoms with E-state index in [1.165, 1.54) is 96.3 Å². The van der Waals surface area contributed by atoms with Crippen molar-refractivity contribution in [1.82, 2.24) is 0 Å². The molecule has 246 valence electrons. The number of carbonyl (C=O) groups is 4. The molecule has 8 nitrogen and oxygen atoms in total. The minimum Gasteiger partial charge on any atom is -0.481 e. The van der Waals surface area contributed by atoms with Crippen LogP contribution in [0.15, 0.2) is 0 Å². The highest BCUT2D eigenvalue weighted by atomic mass is 16.6. The lowest BCUT2D eigenvalue weighted by molar-refractivity contribution is -0.184. The molecule has 0 aliphatic rings. The molecular weight excluding hydrogens is 536 g/mol.